The van der Waals surface area contributed by atoms with Crippen molar-refractivity contribution < 1.29 is 19.0 Å². The molecular formula is C23H21ClO4. The van der Waals surface area contributed by atoms with E-state index in [2.05, 4.69) is 0 Å². The summed E-state index contributed by atoms with van der Waals surface area (Å²) in [5.41, 5.74) is 3.13. The van der Waals surface area contributed by atoms with Gasteiger partial charge in [0.25, 0.3) is 0 Å². The van der Waals surface area contributed by atoms with Gasteiger partial charge in [-0.1, -0.05) is 35.9 Å². The van der Waals surface area contributed by atoms with Crippen molar-refractivity contribution >= 4 is 17.6 Å². The minimum absolute atomic E-state index is 0.366. The van der Waals surface area contributed by atoms with Crippen LogP contribution < -0.4 is 14.2 Å². The van der Waals surface area contributed by atoms with E-state index < -0.39 is 5.97 Å². The molecule has 0 saturated heterocycles. The van der Waals surface area contributed by atoms with Crippen LogP contribution in [0.15, 0.2) is 60.7 Å². The van der Waals surface area contributed by atoms with Crippen molar-refractivity contribution in [2.75, 3.05) is 7.11 Å². The molecule has 144 valence electrons. The summed E-state index contributed by atoms with van der Waals surface area (Å²) in [5, 5.41) is 0.680. The molecule has 4 nitrogen and oxygen atoms in total. The van der Waals surface area contributed by atoms with Crippen LogP contribution in [0, 0.1) is 13.8 Å². The van der Waals surface area contributed by atoms with Crippen LogP contribution in [0.25, 0.3) is 0 Å². The molecule has 0 fully saturated rings. The number of ether oxygens (including phenoxy) is 3. The Hall–Kier alpha value is -2.98. The molecule has 0 N–H and O–H groups in total. The second kappa shape index (κ2) is 8.81. The zero-order valence-corrected chi connectivity index (χ0v) is 16.7. The van der Waals surface area contributed by atoms with Gasteiger partial charge in [-0.05, 0) is 66.9 Å². The van der Waals surface area contributed by atoms with Crippen molar-refractivity contribution in [1.82, 2.24) is 0 Å². The number of hydrogen-bond acceptors (Lipinski definition) is 4. The molecule has 0 aliphatic rings. The summed E-state index contributed by atoms with van der Waals surface area (Å²) in [4.78, 5) is 12.4. The molecule has 0 radical (unpaired) electrons. The molecule has 3 aromatic carbocycles. The van der Waals surface area contributed by atoms with E-state index in [1.807, 2.05) is 50.2 Å². The van der Waals surface area contributed by atoms with Crippen molar-refractivity contribution in [3.05, 3.63) is 87.9 Å². The molecule has 5 heteroatoms. The lowest BCUT2D eigenvalue weighted by Gasteiger charge is -2.11. The lowest BCUT2D eigenvalue weighted by molar-refractivity contribution is 0.0734. The molecule has 3 aromatic rings. The van der Waals surface area contributed by atoms with Crippen LogP contribution in [0.5, 0.6) is 17.2 Å². The van der Waals surface area contributed by atoms with E-state index in [9.17, 15) is 4.79 Å². The van der Waals surface area contributed by atoms with E-state index >= 15 is 0 Å². The summed E-state index contributed by atoms with van der Waals surface area (Å²) < 4.78 is 16.5. The Morgan fingerprint density at radius 2 is 1.54 bits per heavy atom. The SMILES string of the molecule is COc1ccccc1OCc1ccc(C(=O)Oc2cc(C)c(Cl)c(C)c2)cc1. The van der Waals surface area contributed by atoms with Gasteiger partial charge >= 0.3 is 5.97 Å². The molecule has 0 aliphatic carbocycles. The molecular weight excluding hydrogens is 376 g/mol. The van der Waals surface area contributed by atoms with Gasteiger partial charge in [0.1, 0.15) is 12.4 Å². The van der Waals surface area contributed by atoms with Gasteiger partial charge < -0.3 is 14.2 Å². The van der Waals surface area contributed by atoms with Crippen LogP contribution in [0.3, 0.4) is 0 Å². The summed E-state index contributed by atoms with van der Waals surface area (Å²) in [6, 6.07) is 18.1. The summed E-state index contributed by atoms with van der Waals surface area (Å²) in [5.74, 6) is 1.41. The van der Waals surface area contributed by atoms with Gasteiger partial charge in [-0.3, -0.25) is 0 Å². The Kier molecular flexibility index (Phi) is 6.22. The summed E-state index contributed by atoms with van der Waals surface area (Å²) >= 11 is 6.15. The first-order valence-electron chi connectivity index (χ1n) is 8.81. The highest BCUT2D eigenvalue weighted by molar-refractivity contribution is 6.32. The molecule has 3 rings (SSSR count). The summed E-state index contributed by atoms with van der Waals surface area (Å²) in [6.45, 7) is 4.12. The topological polar surface area (TPSA) is 44.8 Å². The first kappa shape index (κ1) is 19.8. The maximum atomic E-state index is 12.4. The van der Waals surface area contributed by atoms with Crippen molar-refractivity contribution in [3.63, 3.8) is 0 Å². The lowest BCUT2D eigenvalue weighted by atomic mass is 10.1. The van der Waals surface area contributed by atoms with E-state index in [0.717, 1.165) is 16.7 Å². The van der Waals surface area contributed by atoms with Gasteiger partial charge in [0.15, 0.2) is 11.5 Å². The molecule has 0 aromatic heterocycles. The maximum absolute atomic E-state index is 12.4. The van der Waals surface area contributed by atoms with Gasteiger partial charge in [0.05, 0.1) is 12.7 Å². The number of hydrogen-bond donors (Lipinski definition) is 0. The third kappa shape index (κ3) is 4.65. The fourth-order valence-electron chi connectivity index (χ4n) is 2.77. The highest BCUT2D eigenvalue weighted by Crippen LogP contribution is 2.27. The van der Waals surface area contributed by atoms with E-state index in [1.165, 1.54) is 0 Å². The van der Waals surface area contributed by atoms with Gasteiger partial charge in [-0.15, -0.1) is 0 Å². The number of para-hydroxylation sites is 2. The first-order chi connectivity index (χ1) is 13.5. The fourth-order valence-corrected chi connectivity index (χ4v) is 2.88. The molecule has 28 heavy (non-hydrogen) atoms. The molecule has 0 bridgehead atoms. The number of carbonyl (C=O) groups excluding carboxylic acids is 1. The lowest BCUT2D eigenvalue weighted by Crippen LogP contribution is -2.09. The van der Waals surface area contributed by atoms with E-state index in [4.69, 9.17) is 25.8 Å². The van der Waals surface area contributed by atoms with Gasteiger partial charge in [-0.2, -0.15) is 0 Å². The second-order valence-corrected chi connectivity index (χ2v) is 6.77. The Bertz CT molecular complexity index is 957. The number of aryl methyl sites for hydroxylation is 2. The number of methoxy groups -OCH3 is 1. The zero-order chi connectivity index (χ0) is 20.1. The summed E-state index contributed by atoms with van der Waals surface area (Å²) in [6.07, 6.45) is 0. The van der Waals surface area contributed by atoms with Crippen LogP contribution in [0.1, 0.15) is 27.0 Å². The normalized spacial score (nSPS) is 10.4. The standard InChI is InChI=1S/C23H21ClO4/c1-15-12-19(13-16(2)22(15)24)28-23(25)18-10-8-17(9-11-18)14-27-21-7-5-4-6-20(21)26-3/h4-13H,14H2,1-3H3. The van der Waals surface area contributed by atoms with Crippen molar-refractivity contribution in [2.24, 2.45) is 0 Å². The van der Waals surface area contributed by atoms with E-state index in [-0.39, 0.29) is 0 Å². The quantitative estimate of drug-likeness (QED) is 0.392. The molecule has 0 atom stereocenters. The Balaban J connectivity index is 1.64. The summed E-state index contributed by atoms with van der Waals surface area (Å²) in [7, 11) is 1.60. The van der Waals surface area contributed by atoms with Gasteiger partial charge in [0, 0.05) is 5.02 Å². The Morgan fingerprint density at radius 3 is 2.14 bits per heavy atom. The van der Waals surface area contributed by atoms with Crippen LogP contribution in [0.2, 0.25) is 5.02 Å². The third-order valence-corrected chi connectivity index (χ3v) is 4.87. The molecule has 0 spiro atoms. The maximum Gasteiger partial charge on any atom is 0.343 e. The highest BCUT2D eigenvalue weighted by Gasteiger charge is 2.11. The average Bonchev–Trinajstić information content (AvgIpc) is 2.71. The molecule has 0 unspecified atom stereocenters. The van der Waals surface area contributed by atoms with Crippen LogP contribution >= 0.6 is 11.6 Å². The highest BCUT2D eigenvalue weighted by atomic mass is 35.5. The molecule has 0 saturated carbocycles. The third-order valence-electron chi connectivity index (χ3n) is 4.27. The Labute approximate surface area is 169 Å². The van der Waals surface area contributed by atoms with E-state index in [0.29, 0.717) is 34.4 Å². The van der Waals surface area contributed by atoms with Crippen LogP contribution in [0.4, 0.5) is 0 Å². The number of benzene rings is 3. The fraction of sp³-hybridized carbons (Fsp3) is 0.174. The molecule has 0 heterocycles. The number of esters is 1. The predicted molar refractivity (Wildman–Crippen MR) is 110 cm³/mol. The number of halogens is 1. The first-order valence-corrected chi connectivity index (χ1v) is 9.19. The van der Waals surface area contributed by atoms with Crippen molar-refractivity contribution in [2.45, 2.75) is 20.5 Å². The smallest absolute Gasteiger partial charge is 0.343 e. The van der Waals surface area contributed by atoms with Crippen LogP contribution in [-0.2, 0) is 6.61 Å². The average molecular weight is 397 g/mol. The van der Waals surface area contributed by atoms with Crippen LogP contribution in [-0.4, -0.2) is 13.1 Å². The van der Waals surface area contributed by atoms with Gasteiger partial charge in [0.2, 0.25) is 0 Å². The van der Waals surface area contributed by atoms with Gasteiger partial charge in [-0.25, -0.2) is 4.79 Å². The zero-order valence-electron chi connectivity index (χ0n) is 16.0. The monoisotopic (exact) mass is 396 g/mol. The van der Waals surface area contributed by atoms with Crippen molar-refractivity contribution in [1.29, 1.82) is 0 Å². The molecule has 0 aliphatic heterocycles. The predicted octanol–water partition coefficient (Wildman–Crippen LogP) is 5.76. The second-order valence-electron chi connectivity index (χ2n) is 6.40. The molecule has 0 amide bonds. The Morgan fingerprint density at radius 1 is 0.929 bits per heavy atom. The largest absolute Gasteiger partial charge is 0.493 e. The minimum atomic E-state index is -0.418. The number of carbonyl (C=O) groups is 1. The number of rotatable bonds is 6. The minimum Gasteiger partial charge on any atom is -0.493 e. The van der Waals surface area contributed by atoms with E-state index in [1.54, 1.807) is 31.4 Å². The van der Waals surface area contributed by atoms with Crippen molar-refractivity contribution in [3.8, 4) is 17.2 Å².